The van der Waals surface area contributed by atoms with Crippen LogP contribution in [0.4, 0.5) is 0 Å². The van der Waals surface area contributed by atoms with E-state index in [1.807, 2.05) is 36.5 Å². The Morgan fingerprint density at radius 1 is 1.11 bits per heavy atom. The smallest absolute Gasteiger partial charge is 0.0992 e. The SMILES string of the molecule is N#Cc1cccc(-n2cc(-c3ccccn3)cn2)c1. The molecule has 90 valence electrons. The number of hydrogen-bond donors (Lipinski definition) is 0. The summed E-state index contributed by atoms with van der Waals surface area (Å²) in [5.74, 6) is 0. The van der Waals surface area contributed by atoms with Gasteiger partial charge >= 0.3 is 0 Å². The second kappa shape index (κ2) is 4.75. The summed E-state index contributed by atoms with van der Waals surface area (Å²) in [5, 5.41) is 13.2. The first kappa shape index (κ1) is 11.2. The van der Waals surface area contributed by atoms with Crippen molar-refractivity contribution >= 4 is 0 Å². The summed E-state index contributed by atoms with van der Waals surface area (Å²) < 4.78 is 1.74. The molecule has 4 nitrogen and oxygen atoms in total. The largest absolute Gasteiger partial charge is 0.256 e. The Hall–Kier alpha value is -2.93. The number of hydrogen-bond acceptors (Lipinski definition) is 3. The van der Waals surface area contributed by atoms with Crippen molar-refractivity contribution in [1.82, 2.24) is 14.8 Å². The molecule has 0 saturated heterocycles. The van der Waals surface area contributed by atoms with Gasteiger partial charge in [-0.1, -0.05) is 12.1 Å². The fourth-order valence-corrected chi connectivity index (χ4v) is 1.85. The quantitative estimate of drug-likeness (QED) is 0.698. The Morgan fingerprint density at radius 3 is 2.84 bits per heavy atom. The molecule has 0 atom stereocenters. The minimum absolute atomic E-state index is 0.618. The van der Waals surface area contributed by atoms with Crippen LogP contribution in [-0.2, 0) is 0 Å². The van der Waals surface area contributed by atoms with Gasteiger partial charge in [0.15, 0.2) is 0 Å². The van der Waals surface area contributed by atoms with E-state index in [0.717, 1.165) is 16.9 Å². The van der Waals surface area contributed by atoms with Crippen LogP contribution in [0.1, 0.15) is 5.56 Å². The van der Waals surface area contributed by atoms with Gasteiger partial charge in [-0.15, -0.1) is 0 Å². The van der Waals surface area contributed by atoms with E-state index in [2.05, 4.69) is 16.2 Å². The van der Waals surface area contributed by atoms with Crippen molar-refractivity contribution < 1.29 is 0 Å². The predicted octanol–water partition coefficient (Wildman–Crippen LogP) is 2.81. The highest BCUT2D eigenvalue weighted by Gasteiger charge is 2.04. The maximum absolute atomic E-state index is 8.90. The van der Waals surface area contributed by atoms with Gasteiger partial charge in [0.05, 0.1) is 29.2 Å². The first-order valence-electron chi connectivity index (χ1n) is 5.83. The molecule has 0 bridgehead atoms. The van der Waals surface area contributed by atoms with Crippen LogP contribution in [0.15, 0.2) is 61.1 Å². The molecule has 3 rings (SSSR count). The number of aromatic nitrogens is 3. The molecule has 2 aromatic heterocycles. The molecular formula is C15H10N4. The molecule has 19 heavy (non-hydrogen) atoms. The van der Waals surface area contributed by atoms with Crippen molar-refractivity contribution in [2.75, 3.05) is 0 Å². The summed E-state index contributed by atoms with van der Waals surface area (Å²) in [4.78, 5) is 4.28. The van der Waals surface area contributed by atoms with Gasteiger partial charge in [0.1, 0.15) is 0 Å². The number of nitriles is 1. The third-order valence-electron chi connectivity index (χ3n) is 2.78. The molecule has 0 aliphatic heterocycles. The highest BCUT2D eigenvalue weighted by atomic mass is 15.3. The number of pyridine rings is 1. The van der Waals surface area contributed by atoms with Gasteiger partial charge in [0.2, 0.25) is 0 Å². The number of nitrogens with zero attached hydrogens (tertiary/aromatic N) is 4. The summed E-state index contributed by atoms with van der Waals surface area (Å²) in [5.41, 5.74) is 3.31. The van der Waals surface area contributed by atoms with E-state index >= 15 is 0 Å². The third kappa shape index (κ3) is 2.22. The summed E-state index contributed by atoms with van der Waals surface area (Å²) in [6.45, 7) is 0. The Bertz CT molecular complexity index is 738. The molecule has 0 radical (unpaired) electrons. The topological polar surface area (TPSA) is 54.5 Å². The van der Waals surface area contributed by atoms with Gasteiger partial charge in [0.25, 0.3) is 0 Å². The zero-order valence-electron chi connectivity index (χ0n) is 10.1. The molecule has 1 aromatic carbocycles. The zero-order chi connectivity index (χ0) is 13.1. The molecule has 2 heterocycles. The lowest BCUT2D eigenvalue weighted by atomic mass is 10.2. The van der Waals surface area contributed by atoms with Crippen molar-refractivity contribution in [2.24, 2.45) is 0 Å². The van der Waals surface area contributed by atoms with Crippen molar-refractivity contribution in [3.8, 4) is 23.0 Å². The minimum atomic E-state index is 0.618. The first-order chi connectivity index (χ1) is 9.36. The van der Waals surface area contributed by atoms with Gasteiger partial charge in [-0.05, 0) is 30.3 Å². The molecule has 0 amide bonds. The average molecular weight is 246 g/mol. The summed E-state index contributed by atoms with van der Waals surface area (Å²) >= 11 is 0. The predicted molar refractivity (Wildman–Crippen MR) is 71.5 cm³/mol. The van der Waals surface area contributed by atoms with E-state index in [4.69, 9.17) is 5.26 Å². The van der Waals surface area contributed by atoms with Crippen LogP contribution in [0.25, 0.3) is 16.9 Å². The van der Waals surface area contributed by atoms with Crippen molar-refractivity contribution in [1.29, 1.82) is 5.26 Å². The van der Waals surface area contributed by atoms with E-state index in [9.17, 15) is 0 Å². The Morgan fingerprint density at radius 2 is 2.05 bits per heavy atom. The fraction of sp³-hybridized carbons (Fsp3) is 0. The Balaban J connectivity index is 2.00. The number of benzene rings is 1. The van der Waals surface area contributed by atoms with Crippen LogP contribution in [-0.4, -0.2) is 14.8 Å². The molecule has 3 aromatic rings. The molecular weight excluding hydrogens is 236 g/mol. The van der Waals surface area contributed by atoms with E-state index < -0.39 is 0 Å². The first-order valence-corrected chi connectivity index (χ1v) is 5.83. The van der Waals surface area contributed by atoms with Crippen LogP contribution >= 0.6 is 0 Å². The monoisotopic (exact) mass is 246 g/mol. The van der Waals surface area contributed by atoms with E-state index in [0.29, 0.717) is 5.56 Å². The van der Waals surface area contributed by atoms with E-state index in [1.54, 1.807) is 29.2 Å². The Labute approximate surface area is 110 Å². The van der Waals surface area contributed by atoms with Gasteiger partial charge in [-0.25, -0.2) is 4.68 Å². The van der Waals surface area contributed by atoms with Crippen LogP contribution in [0.2, 0.25) is 0 Å². The molecule has 0 saturated carbocycles. The summed E-state index contributed by atoms with van der Waals surface area (Å²) in [6.07, 6.45) is 5.42. The lowest BCUT2D eigenvalue weighted by Gasteiger charge is -2.00. The molecule has 4 heteroatoms. The highest BCUT2D eigenvalue weighted by molar-refractivity contribution is 5.57. The van der Waals surface area contributed by atoms with Crippen LogP contribution < -0.4 is 0 Å². The van der Waals surface area contributed by atoms with Crippen LogP contribution in [0, 0.1) is 11.3 Å². The van der Waals surface area contributed by atoms with Crippen molar-refractivity contribution in [3.05, 3.63) is 66.6 Å². The number of rotatable bonds is 2. The van der Waals surface area contributed by atoms with Crippen molar-refractivity contribution in [3.63, 3.8) is 0 Å². The van der Waals surface area contributed by atoms with Crippen LogP contribution in [0.3, 0.4) is 0 Å². The minimum Gasteiger partial charge on any atom is -0.256 e. The fourth-order valence-electron chi connectivity index (χ4n) is 1.85. The van der Waals surface area contributed by atoms with Gasteiger partial charge in [0, 0.05) is 18.0 Å². The van der Waals surface area contributed by atoms with Gasteiger partial charge < -0.3 is 0 Å². The lowest BCUT2D eigenvalue weighted by Crippen LogP contribution is -1.94. The molecule has 0 unspecified atom stereocenters. The zero-order valence-corrected chi connectivity index (χ0v) is 10.1. The summed E-state index contributed by atoms with van der Waals surface area (Å²) in [6, 6.07) is 15.2. The standard InChI is InChI=1S/C15H10N4/c16-9-12-4-3-5-14(8-12)19-11-13(10-18-19)15-6-1-2-7-17-15/h1-8,10-11H. The normalized spacial score (nSPS) is 10.1. The van der Waals surface area contributed by atoms with Crippen molar-refractivity contribution in [2.45, 2.75) is 0 Å². The third-order valence-corrected chi connectivity index (χ3v) is 2.78. The Kier molecular flexibility index (Phi) is 2.79. The average Bonchev–Trinajstić information content (AvgIpc) is 2.98. The van der Waals surface area contributed by atoms with Gasteiger partial charge in [-0.2, -0.15) is 10.4 Å². The highest BCUT2D eigenvalue weighted by Crippen LogP contribution is 2.17. The second-order valence-corrected chi connectivity index (χ2v) is 4.05. The molecule has 0 aliphatic carbocycles. The molecule has 0 N–H and O–H groups in total. The lowest BCUT2D eigenvalue weighted by molar-refractivity contribution is 0.880. The summed E-state index contributed by atoms with van der Waals surface area (Å²) in [7, 11) is 0. The van der Waals surface area contributed by atoms with E-state index in [-0.39, 0.29) is 0 Å². The maximum Gasteiger partial charge on any atom is 0.0992 e. The second-order valence-electron chi connectivity index (χ2n) is 4.05. The maximum atomic E-state index is 8.90. The molecule has 0 aliphatic rings. The van der Waals surface area contributed by atoms with Gasteiger partial charge in [-0.3, -0.25) is 4.98 Å². The molecule has 0 spiro atoms. The molecule has 0 fully saturated rings. The van der Waals surface area contributed by atoms with E-state index in [1.165, 1.54) is 0 Å². The van der Waals surface area contributed by atoms with Crippen LogP contribution in [0.5, 0.6) is 0 Å².